The van der Waals surface area contributed by atoms with Crippen molar-refractivity contribution in [1.29, 1.82) is 0 Å². The zero-order chi connectivity index (χ0) is 26.6. The molecule has 0 aliphatic carbocycles. The summed E-state index contributed by atoms with van der Waals surface area (Å²) in [6.45, 7) is 4.21. The van der Waals surface area contributed by atoms with Crippen molar-refractivity contribution in [1.82, 2.24) is 4.90 Å². The fourth-order valence-electron chi connectivity index (χ4n) is 4.06. The molecule has 37 heavy (non-hydrogen) atoms. The van der Waals surface area contributed by atoms with E-state index >= 15 is 0 Å². The lowest BCUT2D eigenvalue weighted by Gasteiger charge is -2.29. The SMILES string of the molecule is CC[C@@H](C)N(Cc1ccc(OC)c(OS(=O)(=O)c2ccc(F)cc2)c1)C(=O)c1cccc2ccccc12. The minimum Gasteiger partial charge on any atom is -0.493 e. The first-order valence-electron chi connectivity index (χ1n) is 11.9. The van der Waals surface area contributed by atoms with Crippen LogP contribution in [-0.4, -0.2) is 32.4 Å². The number of benzene rings is 4. The normalized spacial score (nSPS) is 12.2. The van der Waals surface area contributed by atoms with Crippen molar-refractivity contribution in [3.8, 4) is 11.5 Å². The Morgan fingerprint density at radius 3 is 2.35 bits per heavy atom. The van der Waals surface area contributed by atoms with Crippen LogP contribution in [0.4, 0.5) is 4.39 Å². The lowest BCUT2D eigenvalue weighted by atomic mass is 10.0. The first-order valence-corrected chi connectivity index (χ1v) is 13.3. The highest BCUT2D eigenvalue weighted by Crippen LogP contribution is 2.32. The smallest absolute Gasteiger partial charge is 0.339 e. The molecule has 0 fully saturated rings. The molecular weight excluding hydrogens is 493 g/mol. The quantitative estimate of drug-likeness (QED) is 0.245. The molecule has 0 aliphatic rings. The highest BCUT2D eigenvalue weighted by atomic mass is 32.2. The van der Waals surface area contributed by atoms with Crippen molar-refractivity contribution >= 4 is 26.8 Å². The van der Waals surface area contributed by atoms with Gasteiger partial charge in [-0.1, -0.05) is 49.4 Å². The second-order valence-corrected chi connectivity index (χ2v) is 10.2. The molecule has 1 amide bonds. The van der Waals surface area contributed by atoms with Crippen LogP contribution in [0.5, 0.6) is 11.5 Å². The molecule has 0 saturated heterocycles. The zero-order valence-corrected chi connectivity index (χ0v) is 21.7. The van der Waals surface area contributed by atoms with Crippen LogP contribution >= 0.6 is 0 Å². The van der Waals surface area contributed by atoms with Crippen molar-refractivity contribution in [2.45, 2.75) is 37.8 Å². The molecule has 4 aromatic carbocycles. The number of nitrogens with zero attached hydrogens (tertiary/aromatic N) is 1. The molecule has 0 spiro atoms. The molecule has 0 bridgehead atoms. The number of methoxy groups -OCH3 is 1. The Balaban J connectivity index is 1.67. The van der Waals surface area contributed by atoms with Crippen LogP contribution in [0.15, 0.2) is 89.8 Å². The topological polar surface area (TPSA) is 72.9 Å². The second-order valence-electron chi connectivity index (χ2n) is 8.69. The molecule has 4 aromatic rings. The van der Waals surface area contributed by atoms with E-state index in [0.29, 0.717) is 11.1 Å². The number of ether oxygens (including phenoxy) is 1. The summed E-state index contributed by atoms with van der Waals surface area (Å²) in [4.78, 5) is 15.3. The van der Waals surface area contributed by atoms with E-state index < -0.39 is 15.9 Å². The number of rotatable bonds is 9. The maximum absolute atomic E-state index is 13.8. The van der Waals surface area contributed by atoms with Crippen molar-refractivity contribution in [3.63, 3.8) is 0 Å². The standard InChI is InChI=1S/C29H28FNO5S/c1-4-20(2)31(29(32)26-11-7-9-22-8-5-6-10-25(22)26)19-21-12-17-27(35-3)28(18-21)36-37(33,34)24-15-13-23(30)14-16-24/h5-18,20H,4,19H2,1-3H3/t20-/m1/s1. The molecule has 0 radical (unpaired) electrons. The molecule has 0 aliphatic heterocycles. The van der Waals surface area contributed by atoms with Gasteiger partial charge in [-0.2, -0.15) is 8.42 Å². The molecule has 192 valence electrons. The molecule has 0 saturated carbocycles. The molecule has 6 nitrogen and oxygen atoms in total. The Bertz CT molecular complexity index is 1510. The van der Waals surface area contributed by atoms with Gasteiger partial charge in [0.05, 0.1) is 7.11 Å². The maximum Gasteiger partial charge on any atom is 0.339 e. The van der Waals surface area contributed by atoms with E-state index in [1.807, 2.05) is 56.3 Å². The number of amides is 1. The van der Waals surface area contributed by atoms with Gasteiger partial charge < -0.3 is 13.8 Å². The fraction of sp³-hybridized carbons (Fsp3) is 0.207. The van der Waals surface area contributed by atoms with E-state index in [1.54, 1.807) is 23.1 Å². The van der Waals surface area contributed by atoms with Gasteiger partial charge in [-0.25, -0.2) is 4.39 Å². The van der Waals surface area contributed by atoms with Crippen molar-refractivity contribution < 1.29 is 26.5 Å². The predicted octanol–water partition coefficient (Wildman–Crippen LogP) is 6.20. The van der Waals surface area contributed by atoms with Gasteiger partial charge in [-0.3, -0.25) is 4.79 Å². The summed E-state index contributed by atoms with van der Waals surface area (Å²) in [7, 11) is -2.84. The van der Waals surface area contributed by atoms with Crippen LogP contribution in [0.2, 0.25) is 0 Å². The zero-order valence-electron chi connectivity index (χ0n) is 20.8. The van der Waals surface area contributed by atoms with Gasteiger partial charge in [0.15, 0.2) is 11.5 Å². The van der Waals surface area contributed by atoms with Crippen LogP contribution in [0.3, 0.4) is 0 Å². The monoisotopic (exact) mass is 521 g/mol. The van der Waals surface area contributed by atoms with E-state index in [9.17, 15) is 17.6 Å². The average molecular weight is 522 g/mol. The minimum atomic E-state index is -4.24. The highest BCUT2D eigenvalue weighted by molar-refractivity contribution is 7.87. The third-order valence-corrected chi connectivity index (χ3v) is 7.54. The molecule has 0 N–H and O–H groups in total. The van der Waals surface area contributed by atoms with Crippen molar-refractivity contribution in [2.75, 3.05) is 7.11 Å². The summed E-state index contributed by atoms with van der Waals surface area (Å²) in [5.41, 5.74) is 1.27. The lowest BCUT2D eigenvalue weighted by molar-refractivity contribution is 0.0673. The van der Waals surface area contributed by atoms with Crippen molar-refractivity contribution in [3.05, 3.63) is 102 Å². The number of hydrogen-bond acceptors (Lipinski definition) is 5. The molecule has 0 unspecified atom stereocenters. The average Bonchev–Trinajstić information content (AvgIpc) is 2.90. The number of carbonyl (C=O) groups is 1. The van der Waals surface area contributed by atoms with Crippen molar-refractivity contribution in [2.24, 2.45) is 0 Å². The van der Waals surface area contributed by atoms with Crippen LogP contribution in [-0.2, 0) is 16.7 Å². The molecule has 4 rings (SSSR count). The number of halogens is 1. The fourth-order valence-corrected chi connectivity index (χ4v) is 5.00. The third-order valence-electron chi connectivity index (χ3n) is 6.29. The minimum absolute atomic E-state index is 0.0222. The second kappa shape index (κ2) is 11.0. The third kappa shape index (κ3) is 5.75. The van der Waals surface area contributed by atoms with Gasteiger partial charge in [-0.15, -0.1) is 0 Å². The lowest BCUT2D eigenvalue weighted by Crippen LogP contribution is -2.37. The number of hydrogen-bond donors (Lipinski definition) is 0. The Kier molecular flexibility index (Phi) is 7.78. The van der Waals surface area contributed by atoms with E-state index in [2.05, 4.69) is 0 Å². The van der Waals surface area contributed by atoms with Gasteiger partial charge in [-0.05, 0) is 72.1 Å². The Labute approximate surface area is 216 Å². The van der Waals surface area contributed by atoms with E-state index in [4.69, 9.17) is 8.92 Å². The van der Waals surface area contributed by atoms with Crippen LogP contribution < -0.4 is 8.92 Å². The van der Waals surface area contributed by atoms with E-state index in [1.165, 1.54) is 7.11 Å². The van der Waals surface area contributed by atoms with Crippen LogP contribution in [0.25, 0.3) is 10.8 Å². The summed E-state index contributed by atoms with van der Waals surface area (Å²) in [5.74, 6) is -0.487. The van der Waals surface area contributed by atoms with Gasteiger partial charge in [0.2, 0.25) is 0 Å². The van der Waals surface area contributed by atoms with E-state index in [-0.39, 0.29) is 34.9 Å². The highest BCUT2D eigenvalue weighted by Gasteiger charge is 2.24. The Hall–Kier alpha value is -3.91. The Morgan fingerprint density at radius 2 is 1.65 bits per heavy atom. The summed E-state index contributed by atoms with van der Waals surface area (Å²) in [6, 6.07) is 22.6. The van der Waals surface area contributed by atoms with Crippen LogP contribution in [0.1, 0.15) is 36.2 Å². The predicted molar refractivity (Wildman–Crippen MR) is 141 cm³/mol. The molecular formula is C29H28FNO5S. The molecule has 8 heteroatoms. The first kappa shape index (κ1) is 26.2. The molecule has 0 aromatic heterocycles. The van der Waals surface area contributed by atoms with Gasteiger partial charge in [0.1, 0.15) is 10.7 Å². The van der Waals surface area contributed by atoms with Gasteiger partial charge in [0.25, 0.3) is 5.91 Å². The molecule has 1 atom stereocenters. The summed E-state index contributed by atoms with van der Waals surface area (Å²) in [5, 5.41) is 1.84. The number of carbonyl (C=O) groups excluding carboxylic acids is 1. The first-order chi connectivity index (χ1) is 17.7. The van der Waals surface area contributed by atoms with Gasteiger partial charge >= 0.3 is 10.1 Å². The van der Waals surface area contributed by atoms with Crippen LogP contribution in [0, 0.1) is 5.82 Å². The number of fused-ring (bicyclic) bond motifs is 1. The summed E-state index contributed by atoms with van der Waals surface area (Å²) >= 11 is 0. The Morgan fingerprint density at radius 1 is 0.946 bits per heavy atom. The van der Waals surface area contributed by atoms with E-state index in [0.717, 1.165) is 41.5 Å². The summed E-state index contributed by atoms with van der Waals surface area (Å²) in [6.07, 6.45) is 0.731. The molecule has 0 heterocycles. The summed E-state index contributed by atoms with van der Waals surface area (Å²) < 4.78 is 49.6. The largest absolute Gasteiger partial charge is 0.493 e. The van der Waals surface area contributed by atoms with Gasteiger partial charge in [0, 0.05) is 18.2 Å². The maximum atomic E-state index is 13.8.